The Labute approximate surface area is 192 Å². The van der Waals surface area contributed by atoms with E-state index in [1.807, 2.05) is 13.0 Å². The molecular weight excluding hydrogens is 404 g/mol. The summed E-state index contributed by atoms with van der Waals surface area (Å²) in [7, 11) is 2.16. The maximum atomic E-state index is 6.25. The molecule has 1 aliphatic carbocycles. The van der Waals surface area contributed by atoms with Gasteiger partial charge in [-0.1, -0.05) is 54.6 Å². The van der Waals surface area contributed by atoms with E-state index in [0.29, 0.717) is 13.0 Å². The van der Waals surface area contributed by atoms with Crippen molar-refractivity contribution in [2.24, 2.45) is 5.73 Å². The molecule has 2 aromatic rings. The number of allylic oxidation sites excluding steroid dienone is 4. The zero-order valence-corrected chi connectivity index (χ0v) is 19.5. The van der Waals surface area contributed by atoms with Crippen LogP contribution in [0.5, 0.6) is 0 Å². The lowest BCUT2D eigenvalue weighted by Crippen LogP contribution is -3.00. The van der Waals surface area contributed by atoms with Crippen LogP contribution in [0.15, 0.2) is 84.5 Å². The third-order valence-corrected chi connectivity index (χ3v) is 6.18. The number of rotatable bonds is 5. The van der Waals surface area contributed by atoms with Crippen LogP contribution < -0.4 is 18.1 Å². The fourth-order valence-corrected chi connectivity index (χ4v) is 4.66. The van der Waals surface area contributed by atoms with Gasteiger partial charge >= 0.3 is 0 Å². The van der Waals surface area contributed by atoms with Gasteiger partial charge in [0.25, 0.3) is 0 Å². The van der Waals surface area contributed by atoms with Crippen molar-refractivity contribution in [1.82, 2.24) is 0 Å². The van der Waals surface area contributed by atoms with Gasteiger partial charge in [0.1, 0.15) is 12.8 Å². The van der Waals surface area contributed by atoms with Crippen LogP contribution in [-0.4, -0.2) is 29.7 Å². The molecule has 1 atom stereocenters. The van der Waals surface area contributed by atoms with Crippen LogP contribution in [0.4, 0.5) is 5.69 Å². The van der Waals surface area contributed by atoms with Crippen LogP contribution in [0.3, 0.4) is 0 Å². The monoisotopic (exact) mass is 434 g/mol. The fourth-order valence-electron chi connectivity index (χ4n) is 4.66. The van der Waals surface area contributed by atoms with Gasteiger partial charge in [0.05, 0.1) is 5.41 Å². The van der Waals surface area contributed by atoms with E-state index in [1.165, 1.54) is 28.1 Å². The predicted octanol–water partition coefficient (Wildman–Crippen LogP) is 2.50. The molecule has 1 unspecified atom stereocenters. The molecule has 162 valence electrons. The van der Waals surface area contributed by atoms with Gasteiger partial charge in [-0.15, -0.1) is 0 Å². The Bertz CT molecular complexity index is 1080. The van der Waals surface area contributed by atoms with Gasteiger partial charge in [-0.05, 0) is 49.6 Å². The molecule has 0 saturated carbocycles. The van der Waals surface area contributed by atoms with Gasteiger partial charge in [0.15, 0.2) is 5.71 Å². The Morgan fingerprint density at radius 1 is 1.06 bits per heavy atom. The van der Waals surface area contributed by atoms with E-state index in [0.717, 1.165) is 5.57 Å². The Morgan fingerprint density at radius 2 is 1.81 bits per heavy atom. The van der Waals surface area contributed by atoms with Gasteiger partial charge < -0.3 is 17.1 Å². The van der Waals surface area contributed by atoms with Crippen molar-refractivity contribution in [3.63, 3.8) is 0 Å². The predicted molar refractivity (Wildman–Crippen MR) is 125 cm³/mol. The molecule has 0 amide bonds. The van der Waals surface area contributed by atoms with E-state index in [2.05, 4.69) is 98.3 Å². The first-order chi connectivity index (χ1) is 14.4. The lowest BCUT2D eigenvalue weighted by Gasteiger charge is -2.27. The molecule has 0 radical (unpaired) electrons. The van der Waals surface area contributed by atoms with Crippen LogP contribution in [0.1, 0.15) is 32.8 Å². The van der Waals surface area contributed by atoms with Crippen LogP contribution in [0.2, 0.25) is 0 Å². The standard InChI is InChI=1S/C27H31N2O.ClH/c1-5-30-27(28)18-16-20(17-19-27)14-15-24-26(2,3)25-22(21-10-7-6-8-11-21)12-9-13-23(25)29(24)4;/h6-18H,5,19,28H2,1-4H3;1H/q+1;/p-1. The number of hydrogen-bond donors (Lipinski definition) is 1. The number of fused-ring (bicyclic) bond motifs is 1. The number of hydrogen-bond acceptors (Lipinski definition) is 2. The SMILES string of the molecule is CCOC1(N)C=CC(C=CC2=[N+](C)c3cccc(-c4ccccc4)c3C2(C)C)=CC1.[Cl-]. The van der Waals surface area contributed by atoms with Gasteiger partial charge in [0.2, 0.25) is 5.69 Å². The molecular formula is C27H31ClN2O. The normalized spacial score (nSPS) is 21.8. The zero-order chi connectivity index (χ0) is 21.4. The van der Waals surface area contributed by atoms with E-state index >= 15 is 0 Å². The molecule has 0 saturated heterocycles. The lowest BCUT2D eigenvalue weighted by molar-refractivity contribution is -0.401. The first kappa shape index (κ1) is 23.2. The highest BCUT2D eigenvalue weighted by Gasteiger charge is 2.44. The lowest BCUT2D eigenvalue weighted by atomic mass is 9.77. The fraction of sp³-hybridized carbons (Fsp3) is 0.296. The summed E-state index contributed by atoms with van der Waals surface area (Å²) in [6.07, 6.45) is 11.3. The van der Waals surface area contributed by atoms with Crippen molar-refractivity contribution in [3.8, 4) is 11.1 Å². The second kappa shape index (κ2) is 8.96. The summed E-state index contributed by atoms with van der Waals surface area (Å²) in [6, 6.07) is 17.3. The second-order valence-corrected chi connectivity index (χ2v) is 8.60. The third-order valence-electron chi connectivity index (χ3n) is 6.18. The second-order valence-electron chi connectivity index (χ2n) is 8.60. The number of ether oxygens (including phenoxy) is 1. The highest BCUT2D eigenvalue weighted by molar-refractivity contribution is 6.05. The Morgan fingerprint density at radius 3 is 2.45 bits per heavy atom. The molecule has 1 heterocycles. The molecule has 2 aliphatic rings. The molecule has 1 aliphatic heterocycles. The summed E-state index contributed by atoms with van der Waals surface area (Å²) in [4.78, 5) is 0. The van der Waals surface area contributed by atoms with Gasteiger partial charge in [-0.2, -0.15) is 4.58 Å². The first-order valence-electron chi connectivity index (χ1n) is 10.7. The zero-order valence-electron chi connectivity index (χ0n) is 18.7. The van der Waals surface area contributed by atoms with Gasteiger partial charge in [-0.3, -0.25) is 5.73 Å². The first-order valence-corrected chi connectivity index (χ1v) is 10.7. The number of nitrogens with two attached hydrogens (primary N) is 1. The van der Waals surface area contributed by atoms with Crippen LogP contribution in [0.25, 0.3) is 11.1 Å². The minimum absolute atomic E-state index is 0. The molecule has 2 N–H and O–H groups in total. The molecule has 0 spiro atoms. The molecule has 31 heavy (non-hydrogen) atoms. The topological polar surface area (TPSA) is 38.3 Å². The third kappa shape index (κ3) is 4.31. The molecule has 0 bridgehead atoms. The molecule has 3 nitrogen and oxygen atoms in total. The van der Waals surface area contributed by atoms with Gasteiger partial charge in [-0.25, -0.2) is 0 Å². The van der Waals surface area contributed by atoms with Crippen molar-refractivity contribution in [2.75, 3.05) is 13.7 Å². The Hall–Kier alpha value is -2.46. The summed E-state index contributed by atoms with van der Waals surface area (Å²) in [5.41, 5.74) is 13.1. The quantitative estimate of drug-likeness (QED) is 0.580. The Balaban J connectivity index is 0.00000272. The average Bonchev–Trinajstić information content (AvgIpc) is 2.94. The number of nitrogens with zero attached hydrogens (tertiary/aromatic N) is 1. The highest BCUT2D eigenvalue weighted by Crippen LogP contribution is 2.45. The van der Waals surface area contributed by atoms with E-state index in [-0.39, 0.29) is 17.8 Å². The molecule has 0 fully saturated rings. The maximum absolute atomic E-state index is 6.25. The van der Waals surface area contributed by atoms with Crippen molar-refractivity contribution < 1.29 is 21.7 Å². The minimum atomic E-state index is -0.677. The average molecular weight is 435 g/mol. The number of halogens is 1. The van der Waals surface area contributed by atoms with E-state index in [9.17, 15) is 0 Å². The van der Waals surface area contributed by atoms with Crippen molar-refractivity contribution >= 4 is 11.4 Å². The van der Waals surface area contributed by atoms with Crippen molar-refractivity contribution in [2.45, 2.75) is 38.3 Å². The van der Waals surface area contributed by atoms with Crippen LogP contribution in [0, 0.1) is 0 Å². The summed E-state index contributed by atoms with van der Waals surface area (Å²) in [5.74, 6) is 0. The van der Waals surface area contributed by atoms with E-state index < -0.39 is 5.72 Å². The molecule has 4 heteroatoms. The molecule has 0 aromatic heterocycles. The van der Waals surface area contributed by atoms with E-state index in [1.54, 1.807) is 0 Å². The van der Waals surface area contributed by atoms with Crippen LogP contribution >= 0.6 is 0 Å². The largest absolute Gasteiger partial charge is 1.00 e. The van der Waals surface area contributed by atoms with Crippen molar-refractivity contribution in [3.05, 3.63) is 90.0 Å². The Kier molecular flexibility index (Phi) is 6.70. The van der Waals surface area contributed by atoms with Gasteiger partial charge in [0, 0.05) is 30.7 Å². The van der Waals surface area contributed by atoms with Crippen molar-refractivity contribution in [1.29, 1.82) is 0 Å². The number of benzene rings is 2. The molecule has 4 rings (SSSR count). The summed E-state index contributed by atoms with van der Waals surface area (Å²) >= 11 is 0. The van der Waals surface area contributed by atoms with Crippen LogP contribution in [-0.2, 0) is 10.2 Å². The maximum Gasteiger partial charge on any atom is 0.210 e. The minimum Gasteiger partial charge on any atom is -1.00 e. The summed E-state index contributed by atoms with van der Waals surface area (Å²) in [6.45, 7) is 7.20. The molecule has 2 aromatic carbocycles. The van der Waals surface area contributed by atoms with E-state index in [4.69, 9.17) is 10.5 Å². The highest BCUT2D eigenvalue weighted by atomic mass is 35.5. The summed E-state index contributed by atoms with van der Waals surface area (Å²) < 4.78 is 7.97. The summed E-state index contributed by atoms with van der Waals surface area (Å²) in [5, 5.41) is 0. The smallest absolute Gasteiger partial charge is 0.210 e.